The molecule has 2 atom stereocenters. The number of nitrogens with two attached hydrogens (primary N) is 1. The van der Waals surface area contributed by atoms with Gasteiger partial charge in [-0.1, -0.05) is 6.92 Å². The summed E-state index contributed by atoms with van der Waals surface area (Å²) in [7, 11) is 0. The lowest BCUT2D eigenvalue weighted by Crippen LogP contribution is -2.45. The van der Waals surface area contributed by atoms with Crippen molar-refractivity contribution in [2.75, 3.05) is 22.6 Å². The lowest BCUT2D eigenvalue weighted by molar-refractivity contribution is -0.137. The standard InChI is InChI=1S/C12H17F3N4S/c1-7-8(2)20-4-3-19(7)11-6-9(12(13,14)15)5-10(17-11)18-16/h5-8H,3-4,16H2,1-2H3,(H,17,18). The van der Waals surface area contributed by atoms with Crippen LogP contribution < -0.4 is 16.2 Å². The molecule has 1 aliphatic rings. The normalized spacial score (nSPS) is 23.8. The summed E-state index contributed by atoms with van der Waals surface area (Å²) in [5.41, 5.74) is 1.46. The van der Waals surface area contributed by atoms with E-state index in [1.54, 1.807) is 0 Å². The molecule has 3 N–H and O–H groups in total. The minimum absolute atomic E-state index is 0.0212. The van der Waals surface area contributed by atoms with E-state index in [1.807, 2.05) is 23.6 Å². The number of nitrogens with zero attached hydrogens (tertiary/aromatic N) is 2. The zero-order valence-corrected chi connectivity index (χ0v) is 12.1. The van der Waals surface area contributed by atoms with Gasteiger partial charge in [-0.3, -0.25) is 0 Å². The van der Waals surface area contributed by atoms with Crippen molar-refractivity contribution in [1.82, 2.24) is 4.98 Å². The van der Waals surface area contributed by atoms with Crippen LogP contribution in [0.2, 0.25) is 0 Å². The maximum absolute atomic E-state index is 12.9. The molecule has 2 unspecified atom stereocenters. The molecule has 0 bridgehead atoms. The second kappa shape index (κ2) is 5.69. The van der Waals surface area contributed by atoms with Crippen molar-refractivity contribution in [3.05, 3.63) is 17.7 Å². The van der Waals surface area contributed by atoms with Gasteiger partial charge in [0.25, 0.3) is 0 Å². The predicted molar refractivity (Wildman–Crippen MR) is 75.8 cm³/mol. The molecule has 4 nitrogen and oxygen atoms in total. The van der Waals surface area contributed by atoms with E-state index in [9.17, 15) is 13.2 Å². The lowest BCUT2D eigenvalue weighted by atomic mass is 10.1. The Bertz CT molecular complexity index is 480. The van der Waals surface area contributed by atoms with E-state index >= 15 is 0 Å². The topological polar surface area (TPSA) is 54.2 Å². The minimum atomic E-state index is -4.41. The van der Waals surface area contributed by atoms with Crippen LogP contribution in [-0.2, 0) is 6.18 Å². The number of rotatable bonds is 2. The Morgan fingerprint density at radius 1 is 1.40 bits per heavy atom. The maximum atomic E-state index is 12.9. The molecule has 2 rings (SSSR count). The number of nitrogen functional groups attached to an aromatic ring is 1. The van der Waals surface area contributed by atoms with Crippen molar-refractivity contribution in [3.63, 3.8) is 0 Å². The maximum Gasteiger partial charge on any atom is 0.416 e. The first kappa shape index (κ1) is 15.2. The van der Waals surface area contributed by atoms with Gasteiger partial charge in [0.1, 0.15) is 11.6 Å². The van der Waals surface area contributed by atoms with E-state index in [0.29, 0.717) is 17.6 Å². The molecule has 2 heterocycles. The fourth-order valence-corrected chi connectivity index (χ4v) is 3.26. The van der Waals surface area contributed by atoms with Gasteiger partial charge < -0.3 is 10.3 Å². The second-order valence-electron chi connectivity index (χ2n) is 4.75. The van der Waals surface area contributed by atoms with Crippen molar-refractivity contribution < 1.29 is 13.2 Å². The third-order valence-corrected chi connectivity index (χ3v) is 4.80. The highest BCUT2D eigenvalue weighted by Crippen LogP contribution is 2.35. The average Bonchev–Trinajstić information content (AvgIpc) is 2.40. The van der Waals surface area contributed by atoms with Crippen molar-refractivity contribution in [2.45, 2.75) is 31.3 Å². The highest BCUT2D eigenvalue weighted by Gasteiger charge is 2.33. The third kappa shape index (κ3) is 3.12. The van der Waals surface area contributed by atoms with Crippen molar-refractivity contribution >= 4 is 23.4 Å². The number of hydrazine groups is 1. The molecule has 0 amide bonds. The Morgan fingerprint density at radius 2 is 2.10 bits per heavy atom. The Labute approximate surface area is 119 Å². The number of thioether (sulfide) groups is 1. The highest BCUT2D eigenvalue weighted by atomic mass is 32.2. The summed E-state index contributed by atoms with van der Waals surface area (Å²) >= 11 is 1.81. The minimum Gasteiger partial charge on any atom is -0.352 e. The van der Waals surface area contributed by atoms with Crippen LogP contribution in [0, 0.1) is 0 Å². The molecular weight excluding hydrogens is 289 g/mol. The Kier molecular flexibility index (Phi) is 4.33. The summed E-state index contributed by atoms with van der Waals surface area (Å²) in [4.78, 5) is 6.05. The molecule has 1 fully saturated rings. The van der Waals surface area contributed by atoms with E-state index < -0.39 is 11.7 Å². The Balaban J connectivity index is 2.40. The van der Waals surface area contributed by atoms with Crippen LogP contribution in [0.3, 0.4) is 0 Å². The van der Waals surface area contributed by atoms with Crippen LogP contribution >= 0.6 is 11.8 Å². The molecule has 0 spiro atoms. The molecule has 0 aromatic carbocycles. The quantitative estimate of drug-likeness (QED) is 0.650. The molecule has 112 valence electrons. The van der Waals surface area contributed by atoms with Gasteiger partial charge >= 0.3 is 6.18 Å². The van der Waals surface area contributed by atoms with Gasteiger partial charge in [0.15, 0.2) is 0 Å². The number of halogens is 3. The number of anilines is 2. The highest BCUT2D eigenvalue weighted by molar-refractivity contribution is 8.00. The van der Waals surface area contributed by atoms with E-state index in [0.717, 1.165) is 17.9 Å². The van der Waals surface area contributed by atoms with E-state index in [-0.39, 0.29) is 11.9 Å². The SMILES string of the molecule is CC1SCCN(c2cc(C(F)(F)F)cc(NN)n2)C1C. The van der Waals surface area contributed by atoms with Gasteiger partial charge in [0.05, 0.1) is 5.56 Å². The summed E-state index contributed by atoms with van der Waals surface area (Å²) in [6, 6.07) is 2.12. The van der Waals surface area contributed by atoms with Crippen molar-refractivity contribution in [3.8, 4) is 0 Å². The molecule has 0 radical (unpaired) electrons. The molecule has 1 aromatic heterocycles. The lowest BCUT2D eigenvalue weighted by Gasteiger charge is -2.38. The third-order valence-electron chi connectivity index (χ3n) is 3.47. The molecule has 20 heavy (non-hydrogen) atoms. The van der Waals surface area contributed by atoms with Crippen LogP contribution in [0.5, 0.6) is 0 Å². The van der Waals surface area contributed by atoms with Crippen LogP contribution in [0.1, 0.15) is 19.4 Å². The summed E-state index contributed by atoms with van der Waals surface area (Å²) in [6.45, 7) is 4.74. The van der Waals surface area contributed by atoms with Crippen LogP contribution in [0.15, 0.2) is 12.1 Å². The van der Waals surface area contributed by atoms with Crippen LogP contribution in [-0.4, -0.2) is 28.6 Å². The van der Waals surface area contributed by atoms with Gasteiger partial charge in [0.2, 0.25) is 0 Å². The van der Waals surface area contributed by atoms with Crippen molar-refractivity contribution in [2.24, 2.45) is 5.84 Å². The fourth-order valence-electron chi connectivity index (χ4n) is 2.16. The Hall–Kier alpha value is -1.15. The number of aromatic nitrogens is 1. The monoisotopic (exact) mass is 306 g/mol. The van der Waals surface area contributed by atoms with E-state index in [1.165, 1.54) is 0 Å². The molecule has 1 saturated heterocycles. The van der Waals surface area contributed by atoms with Gasteiger partial charge in [-0.15, -0.1) is 0 Å². The molecule has 0 saturated carbocycles. The van der Waals surface area contributed by atoms with Gasteiger partial charge in [-0.05, 0) is 19.1 Å². The first-order valence-electron chi connectivity index (χ1n) is 6.27. The summed E-state index contributed by atoms with van der Waals surface area (Å²) < 4.78 is 38.7. The average molecular weight is 306 g/mol. The smallest absolute Gasteiger partial charge is 0.352 e. The summed E-state index contributed by atoms with van der Waals surface area (Å²) in [6.07, 6.45) is -4.41. The first-order valence-corrected chi connectivity index (χ1v) is 7.32. The van der Waals surface area contributed by atoms with Gasteiger partial charge in [-0.2, -0.15) is 24.9 Å². The second-order valence-corrected chi connectivity index (χ2v) is 6.24. The summed E-state index contributed by atoms with van der Waals surface area (Å²) in [5.74, 6) is 6.42. The zero-order chi connectivity index (χ0) is 14.9. The van der Waals surface area contributed by atoms with Gasteiger partial charge in [0, 0.05) is 23.6 Å². The molecule has 1 aromatic rings. The molecule has 1 aliphatic heterocycles. The molecule has 0 aliphatic carbocycles. The number of alkyl halides is 3. The summed E-state index contributed by atoms with van der Waals surface area (Å²) in [5, 5.41) is 0.342. The van der Waals surface area contributed by atoms with Crippen LogP contribution in [0.25, 0.3) is 0 Å². The fraction of sp³-hybridized carbons (Fsp3) is 0.583. The van der Waals surface area contributed by atoms with E-state index in [4.69, 9.17) is 5.84 Å². The molecule has 8 heteroatoms. The molecular formula is C12H17F3N4S. The number of pyridine rings is 1. The number of hydrogen-bond donors (Lipinski definition) is 2. The van der Waals surface area contributed by atoms with E-state index in [2.05, 4.69) is 17.3 Å². The number of hydrogen-bond acceptors (Lipinski definition) is 5. The predicted octanol–water partition coefficient (Wildman–Crippen LogP) is 2.72. The van der Waals surface area contributed by atoms with Gasteiger partial charge in [-0.25, -0.2) is 10.8 Å². The van der Waals surface area contributed by atoms with Crippen LogP contribution in [0.4, 0.5) is 24.8 Å². The zero-order valence-electron chi connectivity index (χ0n) is 11.2. The number of nitrogens with one attached hydrogen (secondary N) is 1. The van der Waals surface area contributed by atoms with Crippen molar-refractivity contribution in [1.29, 1.82) is 0 Å². The largest absolute Gasteiger partial charge is 0.416 e. The first-order chi connectivity index (χ1) is 9.32. The Morgan fingerprint density at radius 3 is 2.70 bits per heavy atom.